The lowest BCUT2D eigenvalue weighted by atomic mass is 10.0. The summed E-state index contributed by atoms with van der Waals surface area (Å²) >= 11 is 0. The van der Waals surface area contributed by atoms with Gasteiger partial charge in [0.2, 0.25) is 0 Å². The van der Waals surface area contributed by atoms with Crippen LogP contribution < -0.4 is 10.4 Å². The number of fused-ring (bicyclic) bond motifs is 1. The van der Waals surface area contributed by atoms with E-state index in [1.165, 1.54) is 0 Å². The standard InChI is InChI=1S/C12H13NO3/c1-13(5-4-12(15)16)11-6-8-2-3-9(14)7-10(8)11/h2-3,6-7,14H,4-5H2,1H3,(H,15,16). The van der Waals surface area contributed by atoms with Crippen molar-refractivity contribution in [1.82, 2.24) is 4.90 Å². The zero-order chi connectivity index (χ0) is 11.7. The lowest BCUT2D eigenvalue weighted by Crippen LogP contribution is -2.40. The summed E-state index contributed by atoms with van der Waals surface area (Å²) in [4.78, 5) is 12.3. The van der Waals surface area contributed by atoms with E-state index in [9.17, 15) is 9.90 Å². The number of carboxylic acids is 1. The first-order valence-corrected chi connectivity index (χ1v) is 5.06. The van der Waals surface area contributed by atoms with Crippen LogP contribution in [0.4, 0.5) is 0 Å². The van der Waals surface area contributed by atoms with Gasteiger partial charge in [-0.3, -0.25) is 4.79 Å². The molecule has 1 aromatic carbocycles. The van der Waals surface area contributed by atoms with Crippen LogP contribution in [0.2, 0.25) is 0 Å². The van der Waals surface area contributed by atoms with E-state index in [0.717, 1.165) is 16.1 Å². The monoisotopic (exact) mass is 219 g/mol. The summed E-state index contributed by atoms with van der Waals surface area (Å²) in [5.74, 6) is -0.570. The second-order valence-electron chi connectivity index (χ2n) is 3.87. The number of aliphatic carboxylic acids is 1. The Balaban J connectivity index is 2.20. The van der Waals surface area contributed by atoms with Crippen LogP contribution in [0, 0.1) is 0 Å². The molecule has 0 saturated heterocycles. The highest BCUT2D eigenvalue weighted by Crippen LogP contribution is 2.10. The third kappa shape index (κ3) is 1.86. The van der Waals surface area contributed by atoms with Crippen LogP contribution in [0.15, 0.2) is 18.2 Å². The Morgan fingerprint density at radius 2 is 2.19 bits per heavy atom. The fourth-order valence-corrected chi connectivity index (χ4v) is 1.74. The zero-order valence-electron chi connectivity index (χ0n) is 8.97. The summed E-state index contributed by atoms with van der Waals surface area (Å²) < 4.78 is 0. The number of nitrogens with zero attached hydrogens (tertiary/aromatic N) is 1. The number of rotatable bonds is 4. The number of aromatic hydroxyl groups is 1. The highest BCUT2D eigenvalue weighted by molar-refractivity contribution is 5.81. The Bertz CT molecular complexity index is 548. The number of hydrogen-bond acceptors (Lipinski definition) is 3. The molecular weight excluding hydrogens is 206 g/mol. The average molecular weight is 219 g/mol. The number of benzene rings is 1. The molecule has 2 N–H and O–H groups in total. The average Bonchev–Trinajstić information content (AvgIpc) is 2.20. The van der Waals surface area contributed by atoms with Gasteiger partial charge in [0.15, 0.2) is 0 Å². The third-order valence-electron chi connectivity index (χ3n) is 2.68. The number of phenolic OH excluding ortho intramolecular Hbond substituents is 1. The summed E-state index contributed by atoms with van der Waals surface area (Å²) in [5, 5.41) is 20.0. The molecule has 0 heterocycles. The fourth-order valence-electron chi connectivity index (χ4n) is 1.74. The van der Waals surface area contributed by atoms with Crippen LogP contribution in [0.5, 0.6) is 5.75 Å². The van der Waals surface area contributed by atoms with Crippen molar-refractivity contribution in [1.29, 1.82) is 0 Å². The maximum atomic E-state index is 10.4. The van der Waals surface area contributed by atoms with Gasteiger partial charge in [0, 0.05) is 24.5 Å². The summed E-state index contributed by atoms with van der Waals surface area (Å²) in [5.41, 5.74) is 0.979. The normalized spacial score (nSPS) is 12.4. The minimum Gasteiger partial charge on any atom is -0.508 e. The number of hydrogen-bond donors (Lipinski definition) is 2. The van der Waals surface area contributed by atoms with Crippen molar-refractivity contribution in [3.8, 4) is 5.75 Å². The van der Waals surface area contributed by atoms with Crippen LogP contribution in [0.25, 0.3) is 11.8 Å². The lowest BCUT2D eigenvalue weighted by Gasteiger charge is -2.23. The Morgan fingerprint density at radius 1 is 1.44 bits per heavy atom. The molecule has 1 aromatic rings. The Morgan fingerprint density at radius 3 is 2.88 bits per heavy atom. The SMILES string of the molecule is CN(CCC(=O)O)C1=c2cc(O)ccc2=C1. The van der Waals surface area contributed by atoms with Gasteiger partial charge >= 0.3 is 5.97 Å². The molecule has 0 fully saturated rings. The molecule has 1 aliphatic carbocycles. The second-order valence-corrected chi connectivity index (χ2v) is 3.87. The second kappa shape index (κ2) is 3.89. The predicted octanol–water partition coefficient (Wildman–Crippen LogP) is -0.299. The molecule has 0 aliphatic heterocycles. The Kier molecular flexibility index (Phi) is 2.56. The molecule has 0 saturated carbocycles. The first-order valence-electron chi connectivity index (χ1n) is 5.06. The molecule has 0 radical (unpaired) electrons. The highest BCUT2D eigenvalue weighted by Gasteiger charge is 2.11. The summed E-state index contributed by atoms with van der Waals surface area (Å²) in [6, 6.07) is 5.19. The van der Waals surface area contributed by atoms with Crippen molar-refractivity contribution >= 4 is 17.7 Å². The van der Waals surface area contributed by atoms with Crippen molar-refractivity contribution in [3.05, 3.63) is 28.6 Å². The quantitative estimate of drug-likeness (QED) is 0.730. The maximum absolute atomic E-state index is 10.4. The number of carboxylic acid groups (broad SMARTS) is 1. The van der Waals surface area contributed by atoms with Gasteiger partial charge in [0.1, 0.15) is 5.75 Å². The smallest absolute Gasteiger partial charge is 0.305 e. The molecule has 0 aromatic heterocycles. The molecule has 4 nitrogen and oxygen atoms in total. The molecule has 0 unspecified atom stereocenters. The van der Waals surface area contributed by atoms with Crippen molar-refractivity contribution in [2.75, 3.05) is 13.6 Å². The minimum absolute atomic E-state index is 0.113. The molecule has 0 spiro atoms. The van der Waals surface area contributed by atoms with Gasteiger partial charge in [0.25, 0.3) is 0 Å². The Labute approximate surface area is 92.7 Å². The van der Waals surface area contributed by atoms with Crippen LogP contribution in [0.1, 0.15) is 6.42 Å². The van der Waals surface area contributed by atoms with Gasteiger partial charge in [-0.15, -0.1) is 0 Å². The van der Waals surface area contributed by atoms with Gasteiger partial charge in [0.05, 0.1) is 6.42 Å². The van der Waals surface area contributed by atoms with E-state index in [0.29, 0.717) is 6.54 Å². The highest BCUT2D eigenvalue weighted by atomic mass is 16.4. The van der Waals surface area contributed by atoms with Crippen LogP contribution >= 0.6 is 0 Å². The fraction of sp³-hybridized carbons (Fsp3) is 0.250. The van der Waals surface area contributed by atoms with Crippen molar-refractivity contribution in [2.45, 2.75) is 6.42 Å². The lowest BCUT2D eigenvalue weighted by molar-refractivity contribution is -0.137. The van der Waals surface area contributed by atoms with E-state index in [1.54, 1.807) is 12.1 Å². The van der Waals surface area contributed by atoms with Gasteiger partial charge in [-0.05, 0) is 23.4 Å². The molecule has 0 bridgehead atoms. The molecule has 2 rings (SSSR count). The van der Waals surface area contributed by atoms with E-state index in [1.807, 2.05) is 24.1 Å². The van der Waals surface area contributed by atoms with E-state index in [4.69, 9.17) is 5.11 Å². The van der Waals surface area contributed by atoms with Crippen molar-refractivity contribution in [3.63, 3.8) is 0 Å². The van der Waals surface area contributed by atoms with Gasteiger partial charge in [-0.2, -0.15) is 0 Å². The predicted molar refractivity (Wildman–Crippen MR) is 60.1 cm³/mol. The van der Waals surface area contributed by atoms with E-state index in [2.05, 4.69) is 0 Å². The minimum atomic E-state index is -0.803. The van der Waals surface area contributed by atoms with Crippen molar-refractivity contribution in [2.24, 2.45) is 0 Å². The van der Waals surface area contributed by atoms with Crippen LogP contribution in [0.3, 0.4) is 0 Å². The summed E-state index contributed by atoms with van der Waals surface area (Å²) in [6.07, 6.45) is 2.10. The largest absolute Gasteiger partial charge is 0.508 e. The number of carbonyl (C=O) groups is 1. The summed E-state index contributed by atoms with van der Waals surface area (Å²) in [7, 11) is 1.85. The molecule has 0 atom stereocenters. The molecule has 1 aliphatic rings. The molecule has 4 heteroatoms. The van der Waals surface area contributed by atoms with Gasteiger partial charge in [-0.25, -0.2) is 0 Å². The van der Waals surface area contributed by atoms with E-state index in [-0.39, 0.29) is 12.2 Å². The first kappa shape index (κ1) is 10.5. The summed E-state index contributed by atoms with van der Waals surface area (Å²) in [6.45, 7) is 0.469. The Hall–Kier alpha value is -1.97. The van der Waals surface area contributed by atoms with Crippen molar-refractivity contribution < 1.29 is 15.0 Å². The van der Waals surface area contributed by atoms with E-state index < -0.39 is 5.97 Å². The number of phenols is 1. The topological polar surface area (TPSA) is 60.8 Å². The zero-order valence-corrected chi connectivity index (χ0v) is 8.97. The van der Waals surface area contributed by atoms with Crippen LogP contribution in [-0.2, 0) is 4.79 Å². The third-order valence-corrected chi connectivity index (χ3v) is 2.68. The molecule has 84 valence electrons. The molecule has 0 amide bonds. The molecule has 16 heavy (non-hydrogen) atoms. The maximum Gasteiger partial charge on any atom is 0.305 e. The van der Waals surface area contributed by atoms with E-state index >= 15 is 0 Å². The van der Waals surface area contributed by atoms with Gasteiger partial charge in [-0.1, -0.05) is 6.07 Å². The molecular formula is C12H13NO3. The van der Waals surface area contributed by atoms with Gasteiger partial charge < -0.3 is 15.1 Å². The first-order chi connectivity index (χ1) is 7.58. The van der Waals surface area contributed by atoms with Crippen LogP contribution in [-0.4, -0.2) is 34.7 Å².